The lowest BCUT2D eigenvalue weighted by atomic mass is 9.93. The highest BCUT2D eigenvalue weighted by Crippen LogP contribution is 2.26. The van der Waals surface area contributed by atoms with Crippen LogP contribution in [0.1, 0.15) is 123 Å². The zero-order valence-electron chi connectivity index (χ0n) is 34.4. The Labute approximate surface area is 306 Å². The van der Waals surface area contributed by atoms with Crippen LogP contribution < -0.4 is 5.32 Å². The van der Waals surface area contributed by atoms with Gasteiger partial charge in [0.15, 0.2) is 0 Å². The number of hydrogen-bond donors (Lipinski definition) is 2. The van der Waals surface area contributed by atoms with E-state index in [2.05, 4.69) is 116 Å². The smallest absolute Gasteiger partial charge is 0.111 e. The molecule has 0 aromatic heterocycles. The summed E-state index contributed by atoms with van der Waals surface area (Å²) in [5.41, 5.74) is 7.49. The minimum absolute atomic E-state index is 0.238. The zero-order chi connectivity index (χ0) is 38.9. The summed E-state index contributed by atoms with van der Waals surface area (Å²) in [6, 6.07) is 14.2. The molecule has 0 bridgehead atoms. The molecule has 2 aromatic carbocycles. The number of hydrogen-bond acceptors (Lipinski definition) is 3. The molecular formula is C43H81NO2P2. The molecule has 0 saturated carbocycles. The minimum Gasteiger partial charge on any atom is -0.510 e. The molecule has 0 saturated heterocycles. The van der Waals surface area contributed by atoms with Gasteiger partial charge in [0, 0.05) is 18.9 Å². The zero-order valence-corrected chi connectivity index (χ0v) is 36.7. The molecule has 280 valence electrons. The first-order valence-corrected chi connectivity index (χ1v) is 20.3. The normalized spacial score (nSPS) is 9.56. The lowest BCUT2D eigenvalue weighted by Gasteiger charge is -2.23. The summed E-state index contributed by atoms with van der Waals surface area (Å²) in [6.45, 7) is 44.1. The molecule has 2 N–H and O–H groups in total. The van der Waals surface area contributed by atoms with E-state index in [1.54, 1.807) is 12.2 Å². The number of aliphatic hydroxyl groups is 1. The van der Waals surface area contributed by atoms with Gasteiger partial charge in [0.25, 0.3) is 0 Å². The van der Waals surface area contributed by atoms with Crippen LogP contribution >= 0.6 is 18.5 Å². The molecule has 0 spiro atoms. The van der Waals surface area contributed by atoms with E-state index < -0.39 is 0 Å². The molecule has 3 atom stereocenters. The van der Waals surface area contributed by atoms with Gasteiger partial charge >= 0.3 is 0 Å². The number of ether oxygens (including phenoxy) is 1. The number of aryl methyl sites for hydroxylation is 2. The summed E-state index contributed by atoms with van der Waals surface area (Å²) in [5.74, 6) is 0.306. The van der Waals surface area contributed by atoms with Gasteiger partial charge < -0.3 is 15.2 Å². The SMILES string of the molecule is C=C(NC(Cc1ccccc1)/C(O)=C\C)C(=C)c1cc(C)cc(C)c1C.C=CC.CC.CC.CCCC.CCCOCCC.CP.CP. The van der Waals surface area contributed by atoms with Gasteiger partial charge in [-0.2, -0.15) is 0 Å². The van der Waals surface area contributed by atoms with Crippen molar-refractivity contribution < 1.29 is 9.84 Å². The first kappa shape index (κ1) is 58.0. The minimum atomic E-state index is -0.238. The molecule has 2 rings (SSSR count). The van der Waals surface area contributed by atoms with Crippen molar-refractivity contribution in [2.45, 2.75) is 128 Å². The van der Waals surface area contributed by atoms with Crippen LogP contribution in [0.4, 0.5) is 0 Å². The summed E-state index contributed by atoms with van der Waals surface area (Å²) in [6.07, 6.45) is 9.06. The molecule has 0 radical (unpaired) electrons. The Balaban J connectivity index is -0.000000165. The van der Waals surface area contributed by atoms with E-state index in [1.165, 1.54) is 29.5 Å². The van der Waals surface area contributed by atoms with Crippen LogP contribution in [0.5, 0.6) is 0 Å². The number of rotatable bonds is 12. The van der Waals surface area contributed by atoms with Crippen molar-refractivity contribution in [3.05, 3.63) is 114 Å². The summed E-state index contributed by atoms with van der Waals surface area (Å²) in [5, 5.41) is 13.7. The maximum absolute atomic E-state index is 10.4. The van der Waals surface area contributed by atoms with Gasteiger partial charge in [-0.3, -0.25) is 0 Å². The quantitative estimate of drug-likeness (QED) is 0.0759. The van der Waals surface area contributed by atoms with Crippen molar-refractivity contribution in [2.75, 3.05) is 26.5 Å². The van der Waals surface area contributed by atoms with Gasteiger partial charge in [0.05, 0.1) is 6.04 Å². The molecule has 3 nitrogen and oxygen atoms in total. The maximum atomic E-state index is 10.4. The van der Waals surface area contributed by atoms with Crippen molar-refractivity contribution in [1.82, 2.24) is 5.32 Å². The number of nitrogens with one attached hydrogen (secondary N) is 1. The Bertz CT molecular complexity index is 995. The largest absolute Gasteiger partial charge is 0.510 e. The molecule has 48 heavy (non-hydrogen) atoms. The van der Waals surface area contributed by atoms with Crippen LogP contribution in [0.25, 0.3) is 5.57 Å². The fraction of sp³-hybridized carbons (Fsp3) is 0.535. The van der Waals surface area contributed by atoms with Crippen LogP contribution in [-0.2, 0) is 11.2 Å². The summed E-state index contributed by atoms with van der Waals surface area (Å²) >= 11 is 0. The molecule has 5 heteroatoms. The predicted molar refractivity (Wildman–Crippen MR) is 234 cm³/mol. The van der Waals surface area contributed by atoms with E-state index in [-0.39, 0.29) is 6.04 Å². The second-order valence-electron chi connectivity index (χ2n) is 9.83. The molecule has 0 aliphatic heterocycles. The summed E-state index contributed by atoms with van der Waals surface area (Å²) in [7, 11) is 4.83. The molecular weight excluding hydrogens is 624 g/mol. The van der Waals surface area contributed by atoms with Gasteiger partial charge in [-0.05, 0) is 87.8 Å². The second kappa shape index (κ2) is 46.9. The molecule has 0 fully saturated rings. The molecule has 0 aliphatic rings. The highest BCUT2D eigenvalue weighted by atomic mass is 31.0. The summed E-state index contributed by atoms with van der Waals surface area (Å²) < 4.78 is 5.13. The van der Waals surface area contributed by atoms with Crippen molar-refractivity contribution >= 4 is 24.1 Å². The molecule has 0 amide bonds. The summed E-state index contributed by atoms with van der Waals surface area (Å²) in [4.78, 5) is 0. The molecule has 2 aromatic rings. The Morgan fingerprint density at radius 2 is 1.25 bits per heavy atom. The number of allylic oxidation sites excluding steroid dienone is 3. The highest BCUT2D eigenvalue weighted by molar-refractivity contribution is 7.15. The van der Waals surface area contributed by atoms with Crippen molar-refractivity contribution in [2.24, 2.45) is 0 Å². The Morgan fingerprint density at radius 1 is 0.812 bits per heavy atom. The Hall–Kier alpha value is -2.18. The lowest BCUT2D eigenvalue weighted by Crippen LogP contribution is -2.32. The molecule has 3 unspecified atom stereocenters. The van der Waals surface area contributed by atoms with Crippen molar-refractivity contribution in [3.8, 4) is 0 Å². The van der Waals surface area contributed by atoms with E-state index in [0.29, 0.717) is 12.2 Å². The van der Waals surface area contributed by atoms with Crippen LogP contribution in [0, 0.1) is 20.8 Å². The van der Waals surface area contributed by atoms with Crippen molar-refractivity contribution in [1.29, 1.82) is 0 Å². The predicted octanol–water partition coefficient (Wildman–Crippen LogP) is 13.7. The van der Waals surface area contributed by atoms with Gasteiger partial charge in [-0.25, -0.2) is 0 Å². The third-order valence-electron chi connectivity index (χ3n) is 5.98. The van der Waals surface area contributed by atoms with E-state index in [1.807, 2.05) is 73.1 Å². The fourth-order valence-electron chi connectivity index (χ4n) is 3.48. The van der Waals surface area contributed by atoms with Crippen LogP contribution in [0.3, 0.4) is 0 Å². The van der Waals surface area contributed by atoms with Crippen LogP contribution in [0.2, 0.25) is 0 Å². The van der Waals surface area contributed by atoms with Gasteiger partial charge in [-0.15, -0.1) is 25.1 Å². The van der Waals surface area contributed by atoms with E-state index in [0.717, 1.165) is 48.5 Å². The van der Waals surface area contributed by atoms with E-state index in [9.17, 15) is 5.11 Å². The molecule has 0 aliphatic carbocycles. The third kappa shape index (κ3) is 33.7. The first-order valence-electron chi connectivity index (χ1n) is 18.0. The fourth-order valence-corrected chi connectivity index (χ4v) is 3.48. The number of unbranched alkanes of at least 4 members (excludes halogenated alkanes) is 1. The number of aliphatic hydroxyl groups excluding tert-OH is 1. The third-order valence-corrected chi connectivity index (χ3v) is 5.98. The van der Waals surface area contributed by atoms with Gasteiger partial charge in [-0.1, -0.05) is 149 Å². The van der Waals surface area contributed by atoms with E-state index in [4.69, 9.17) is 4.74 Å². The highest BCUT2D eigenvalue weighted by Gasteiger charge is 2.17. The second-order valence-corrected chi connectivity index (χ2v) is 9.83. The topological polar surface area (TPSA) is 41.5 Å². The standard InChI is InChI=1S/C24H29NO.C6H14O.C4H10.C3H6.2C2H6.2CH5P/c1-7-24(26)23(15-21-11-9-8-10-12-21)25-20(6)19(5)22-14-16(2)13-17(3)18(22)4;1-3-5-7-6-4-2;1-3-4-2;1-3-2;4*1-2/h7-14,23,25-26H,5-6,15H2,1-4H3;3-6H2,1-2H3;3-4H2,1-2H3;3H,1H2,2H3;2*1-2H3;2*2H2,1H3/b24-7+;;;;;;;. The Morgan fingerprint density at radius 3 is 1.62 bits per heavy atom. The maximum Gasteiger partial charge on any atom is 0.111 e. The molecule has 0 heterocycles. The monoisotopic (exact) mass is 706 g/mol. The first-order chi connectivity index (χ1) is 23.1. The van der Waals surface area contributed by atoms with Crippen molar-refractivity contribution in [3.63, 3.8) is 0 Å². The van der Waals surface area contributed by atoms with E-state index >= 15 is 0 Å². The van der Waals surface area contributed by atoms with Crippen LogP contribution in [-0.4, -0.2) is 37.7 Å². The van der Waals surface area contributed by atoms with Crippen LogP contribution in [0.15, 0.2) is 85.8 Å². The van der Waals surface area contributed by atoms with Gasteiger partial charge in [0.2, 0.25) is 0 Å². The van der Waals surface area contributed by atoms with Gasteiger partial charge in [0.1, 0.15) is 5.76 Å². The average Bonchev–Trinajstić information content (AvgIpc) is 3.13. The lowest BCUT2D eigenvalue weighted by molar-refractivity contribution is 0.135. The Kier molecular flexibility index (Phi) is 56.8. The average molecular weight is 706 g/mol. The number of benzene rings is 2.